The van der Waals surface area contributed by atoms with E-state index in [1.807, 2.05) is 6.07 Å². The number of para-hydroxylation sites is 1. The van der Waals surface area contributed by atoms with Crippen LogP contribution < -0.4 is 5.32 Å². The van der Waals surface area contributed by atoms with Crippen LogP contribution in [0, 0.1) is 0 Å². The Morgan fingerprint density at radius 1 is 1.05 bits per heavy atom. The van der Waals surface area contributed by atoms with Crippen LogP contribution in [0.25, 0.3) is 0 Å². The fourth-order valence-corrected chi connectivity index (χ4v) is 2.49. The summed E-state index contributed by atoms with van der Waals surface area (Å²) < 4.78 is 0. The van der Waals surface area contributed by atoms with Gasteiger partial charge in [-0.2, -0.15) is 0 Å². The molecule has 3 rings (SSSR count). The molecule has 22 heavy (non-hydrogen) atoms. The van der Waals surface area contributed by atoms with Gasteiger partial charge in [0.25, 0.3) is 17.7 Å². The van der Waals surface area contributed by atoms with Crippen LogP contribution in [0.2, 0.25) is 0 Å². The number of nitrogens with one attached hydrogen (secondary N) is 1. The van der Waals surface area contributed by atoms with Crippen LogP contribution in [0.1, 0.15) is 31.1 Å². The van der Waals surface area contributed by atoms with Crippen molar-refractivity contribution in [3.63, 3.8) is 0 Å². The predicted molar refractivity (Wildman–Crippen MR) is 84.5 cm³/mol. The Balaban J connectivity index is 1.91. The SMILES string of the molecule is CN1C(=O)c2ccc(C(=O)Nc3ccccc3S)cc2C1=O. The minimum Gasteiger partial charge on any atom is -0.321 e. The molecule has 0 fully saturated rings. The minimum absolute atomic E-state index is 0.249. The van der Waals surface area contributed by atoms with Crippen molar-refractivity contribution >= 4 is 36.0 Å². The van der Waals surface area contributed by atoms with Crippen molar-refractivity contribution in [2.45, 2.75) is 4.90 Å². The van der Waals surface area contributed by atoms with Gasteiger partial charge in [-0.25, -0.2) is 0 Å². The van der Waals surface area contributed by atoms with Crippen molar-refractivity contribution in [2.24, 2.45) is 0 Å². The molecule has 6 heteroatoms. The summed E-state index contributed by atoms with van der Waals surface area (Å²) in [6.07, 6.45) is 0. The van der Waals surface area contributed by atoms with Crippen LogP contribution in [-0.4, -0.2) is 29.7 Å². The third-order valence-corrected chi connectivity index (χ3v) is 3.89. The molecule has 0 radical (unpaired) electrons. The van der Waals surface area contributed by atoms with Crippen LogP contribution in [0.3, 0.4) is 0 Å². The van der Waals surface area contributed by atoms with Gasteiger partial charge in [0, 0.05) is 17.5 Å². The smallest absolute Gasteiger partial charge is 0.261 e. The molecule has 0 aliphatic carbocycles. The van der Waals surface area contributed by atoms with E-state index in [0.717, 1.165) is 4.90 Å². The molecular formula is C16H12N2O3S. The molecule has 2 aromatic carbocycles. The van der Waals surface area contributed by atoms with E-state index >= 15 is 0 Å². The Morgan fingerprint density at radius 2 is 1.73 bits per heavy atom. The molecule has 2 aromatic rings. The zero-order chi connectivity index (χ0) is 15.9. The van der Waals surface area contributed by atoms with Crippen LogP contribution in [0.15, 0.2) is 47.4 Å². The van der Waals surface area contributed by atoms with Crippen LogP contribution in [-0.2, 0) is 0 Å². The number of fused-ring (bicyclic) bond motifs is 1. The zero-order valence-corrected chi connectivity index (χ0v) is 12.6. The van der Waals surface area contributed by atoms with E-state index in [4.69, 9.17) is 0 Å². The summed E-state index contributed by atoms with van der Waals surface area (Å²) in [4.78, 5) is 37.7. The highest BCUT2D eigenvalue weighted by atomic mass is 32.1. The lowest BCUT2D eigenvalue weighted by Gasteiger charge is -2.08. The van der Waals surface area contributed by atoms with Gasteiger partial charge in [-0.3, -0.25) is 19.3 Å². The van der Waals surface area contributed by atoms with Gasteiger partial charge < -0.3 is 5.32 Å². The van der Waals surface area contributed by atoms with Gasteiger partial charge >= 0.3 is 0 Å². The van der Waals surface area contributed by atoms with Gasteiger partial charge in [-0.1, -0.05) is 12.1 Å². The van der Waals surface area contributed by atoms with E-state index in [9.17, 15) is 14.4 Å². The predicted octanol–water partition coefficient (Wildman–Crippen LogP) is 2.45. The monoisotopic (exact) mass is 312 g/mol. The minimum atomic E-state index is -0.399. The number of nitrogens with zero attached hydrogens (tertiary/aromatic N) is 1. The lowest BCUT2D eigenvalue weighted by molar-refractivity contribution is 0.0693. The van der Waals surface area contributed by atoms with Gasteiger partial charge in [0.15, 0.2) is 0 Å². The Bertz CT molecular complexity index is 817. The molecule has 1 aliphatic rings. The third-order valence-electron chi connectivity index (χ3n) is 3.50. The summed E-state index contributed by atoms with van der Waals surface area (Å²) in [5, 5.41) is 2.73. The van der Waals surface area contributed by atoms with Gasteiger partial charge in [0.05, 0.1) is 16.8 Å². The number of hydrogen-bond acceptors (Lipinski definition) is 4. The summed E-state index contributed by atoms with van der Waals surface area (Å²) in [6, 6.07) is 11.6. The van der Waals surface area contributed by atoms with E-state index in [-0.39, 0.29) is 17.4 Å². The molecule has 0 saturated heterocycles. The standard InChI is InChI=1S/C16H12N2O3S/c1-18-15(20)10-7-6-9(8-11(10)16(18)21)14(19)17-12-4-2-3-5-13(12)22/h2-8,22H,1H3,(H,17,19). The molecule has 1 heterocycles. The number of hydrogen-bond donors (Lipinski definition) is 2. The highest BCUT2D eigenvalue weighted by Crippen LogP contribution is 2.24. The molecule has 0 saturated carbocycles. The highest BCUT2D eigenvalue weighted by Gasteiger charge is 2.33. The van der Waals surface area contributed by atoms with E-state index in [1.165, 1.54) is 25.2 Å². The van der Waals surface area contributed by atoms with Crippen molar-refractivity contribution < 1.29 is 14.4 Å². The third kappa shape index (κ3) is 2.27. The second kappa shape index (κ2) is 5.31. The normalized spacial score (nSPS) is 13.3. The Labute approximate surface area is 132 Å². The van der Waals surface area contributed by atoms with Gasteiger partial charge in [-0.05, 0) is 30.3 Å². The summed E-state index contributed by atoms with van der Waals surface area (Å²) >= 11 is 4.27. The number of carbonyl (C=O) groups excluding carboxylic acids is 3. The van der Waals surface area contributed by atoms with Crippen LogP contribution in [0.4, 0.5) is 5.69 Å². The van der Waals surface area contributed by atoms with E-state index in [2.05, 4.69) is 17.9 Å². The Hall–Kier alpha value is -2.60. The molecule has 0 unspecified atom stereocenters. The average molecular weight is 312 g/mol. The molecule has 5 nitrogen and oxygen atoms in total. The first kappa shape index (κ1) is 14.3. The number of imide groups is 1. The molecule has 1 N–H and O–H groups in total. The van der Waals surface area contributed by atoms with Gasteiger partial charge in [0.2, 0.25) is 0 Å². The maximum Gasteiger partial charge on any atom is 0.261 e. The number of benzene rings is 2. The van der Waals surface area contributed by atoms with Crippen LogP contribution in [0.5, 0.6) is 0 Å². The average Bonchev–Trinajstić information content (AvgIpc) is 2.74. The molecule has 3 amide bonds. The second-order valence-electron chi connectivity index (χ2n) is 4.90. The first-order chi connectivity index (χ1) is 10.5. The lowest BCUT2D eigenvalue weighted by atomic mass is 10.1. The summed E-state index contributed by atoms with van der Waals surface area (Å²) in [5.41, 5.74) is 1.46. The van der Waals surface area contributed by atoms with Crippen molar-refractivity contribution in [3.8, 4) is 0 Å². The molecule has 0 aromatic heterocycles. The Morgan fingerprint density at radius 3 is 2.45 bits per heavy atom. The largest absolute Gasteiger partial charge is 0.321 e. The van der Waals surface area contributed by atoms with Crippen molar-refractivity contribution in [1.29, 1.82) is 0 Å². The molecule has 0 bridgehead atoms. The topological polar surface area (TPSA) is 66.5 Å². The summed E-state index contributed by atoms with van der Waals surface area (Å²) in [5.74, 6) is -1.11. The fourth-order valence-electron chi connectivity index (χ4n) is 2.28. The van der Waals surface area contributed by atoms with Crippen molar-refractivity contribution in [3.05, 3.63) is 59.2 Å². The van der Waals surface area contributed by atoms with Crippen molar-refractivity contribution in [1.82, 2.24) is 4.90 Å². The first-order valence-electron chi connectivity index (χ1n) is 6.55. The number of rotatable bonds is 2. The zero-order valence-electron chi connectivity index (χ0n) is 11.7. The van der Waals surface area contributed by atoms with Gasteiger partial charge in [-0.15, -0.1) is 12.6 Å². The molecule has 0 spiro atoms. The van der Waals surface area contributed by atoms with Crippen LogP contribution >= 0.6 is 12.6 Å². The number of thiol groups is 1. The number of carbonyl (C=O) groups is 3. The highest BCUT2D eigenvalue weighted by molar-refractivity contribution is 7.80. The van der Waals surface area contributed by atoms with Gasteiger partial charge in [0.1, 0.15) is 0 Å². The molecule has 1 aliphatic heterocycles. The van der Waals surface area contributed by atoms with Crippen molar-refractivity contribution in [2.75, 3.05) is 12.4 Å². The molecule has 0 atom stereocenters. The van der Waals surface area contributed by atoms with E-state index in [0.29, 0.717) is 21.7 Å². The summed E-state index contributed by atoms with van der Waals surface area (Å²) in [7, 11) is 1.42. The second-order valence-corrected chi connectivity index (χ2v) is 5.38. The maximum atomic E-state index is 12.3. The molecular weight excluding hydrogens is 300 g/mol. The quantitative estimate of drug-likeness (QED) is 0.661. The van der Waals surface area contributed by atoms with E-state index < -0.39 is 5.91 Å². The lowest BCUT2D eigenvalue weighted by Crippen LogP contribution is -2.24. The van der Waals surface area contributed by atoms with E-state index in [1.54, 1.807) is 18.2 Å². The first-order valence-corrected chi connectivity index (χ1v) is 6.99. The number of anilines is 1. The number of amides is 3. The maximum absolute atomic E-state index is 12.3. The molecule has 110 valence electrons. The fraction of sp³-hybridized carbons (Fsp3) is 0.0625. The summed E-state index contributed by atoms with van der Waals surface area (Å²) in [6.45, 7) is 0. The Kier molecular flexibility index (Phi) is 3.46.